The Morgan fingerprint density at radius 3 is 2.44 bits per heavy atom. The highest BCUT2D eigenvalue weighted by molar-refractivity contribution is 5.84. The fourth-order valence-corrected chi connectivity index (χ4v) is 1.68. The van der Waals surface area contributed by atoms with Crippen LogP contribution >= 0.6 is 0 Å². The van der Waals surface area contributed by atoms with Crippen molar-refractivity contribution in [3.8, 4) is 0 Å². The largest absolute Gasteiger partial charge is 0.481 e. The van der Waals surface area contributed by atoms with Crippen molar-refractivity contribution in [2.75, 3.05) is 6.61 Å². The molecule has 92 valence electrons. The monoisotopic (exact) mass is 229 g/mol. The first kappa shape index (κ1) is 13.0. The van der Waals surface area contributed by atoms with Gasteiger partial charge in [-0.1, -0.05) is 13.8 Å². The number of nitrogens with one attached hydrogen (secondary N) is 1. The number of amides is 1. The van der Waals surface area contributed by atoms with E-state index >= 15 is 0 Å². The zero-order valence-corrected chi connectivity index (χ0v) is 9.90. The number of carboxylic acids is 1. The first-order valence-electron chi connectivity index (χ1n) is 5.58. The van der Waals surface area contributed by atoms with Gasteiger partial charge in [0.2, 0.25) is 5.91 Å². The lowest BCUT2D eigenvalue weighted by atomic mass is 9.95. The molecule has 4 unspecified atom stereocenters. The molecule has 0 saturated carbocycles. The molecule has 1 aliphatic rings. The molecule has 4 atom stereocenters. The van der Waals surface area contributed by atoms with Gasteiger partial charge in [-0.2, -0.15) is 0 Å². The second kappa shape index (κ2) is 5.30. The number of carbonyl (C=O) groups excluding carboxylic acids is 1. The molecule has 0 aromatic rings. The predicted molar refractivity (Wildman–Crippen MR) is 57.9 cm³/mol. The SMILES string of the molecule is CC1OCCC1NC(=O)C(C)C(C)C(=O)O. The summed E-state index contributed by atoms with van der Waals surface area (Å²) in [5.74, 6) is -2.35. The molecule has 0 aromatic heterocycles. The molecule has 1 heterocycles. The van der Waals surface area contributed by atoms with Crippen molar-refractivity contribution < 1.29 is 19.4 Å². The van der Waals surface area contributed by atoms with Crippen LogP contribution in [0.4, 0.5) is 0 Å². The molecular weight excluding hydrogens is 210 g/mol. The van der Waals surface area contributed by atoms with Crippen LogP contribution in [-0.2, 0) is 14.3 Å². The minimum Gasteiger partial charge on any atom is -0.481 e. The van der Waals surface area contributed by atoms with Crippen molar-refractivity contribution in [2.24, 2.45) is 11.8 Å². The average molecular weight is 229 g/mol. The Balaban J connectivity index is 2.48. The third-order valence-corrected chi connectivity index (χ3v) is 3.26. The van der Waals surface area contributed by atoms with Crippen LogP contribution in [0.2, 0.25) is 0 Å². The zero-order valence-electron chi connectivity index (χ0n) is 9.90. The number of carboxylic acid groups (broad SMARTS) is 1. The Morgan fingerprint density at radius 1 is 1.38 bits per heavy atom. The van der Waals surface area contributed by atoms with Crippen LogP contribution in [0.25, 0.3) is 0 Å². The Hall–Kier alpha value is -1.10. The van der Waals surface area contributed by atoms with Crippen molar-refractivity contribution in [3.05, 3.63) is 0 Å². The van der Waals surface area contributed by atoms with Crippen molar-refractivity contribution in [2.45, 2.75) is 39.3 Å². The van der Waals surface area contributed by atoms with Gasteiger partial charge in [0, 0.05) is 12.5 Å². The molecule has 0 bridgehead atoms. The molecule has 1 fully saturated rings. The summed E-state index contributed by atoms with van der Waals surface area (Å²) in [5, 5.41) is 11.6. The van der Waals surface area contributed by atoms with Crippen molar-refractivity contribution in [3.63, 3.8) is 0 Å². The Labute approximate surface area is 95.2 Å². The second-order valence-electron chi connectivity index (χ2n) is 4.40. The summed E-state index contributed by atoms with van der Waals surface area (Å²) in [6.07, 6.45) is 0.803. The molecule has 2 N–H and O–H groups in total. The van der Waals surface area contributed by atoms with Gasteiger partial charge in [0.15, 0.2) is 0 Å². The molecular formula is C11H19NO4. The zero-order chi connectivity index (χ0) is 12.3. The number of ether oxygens (including phenoxy) is 1. The Kier molecular flexibility index (Phi) is 4.29. The summed E-state index contributed by atoms with van der Waals surface area (Å²) in [5.41, 5.74) is 0. The minimum atomic E-state index is -0.946. The molecule has 0 radical (unpaired) electrons. The van der Waals surface area contributed by atoms with E-state index in [1.165, 1.54) is 0 Å². The van der Waals surface area contributed by atoms with E-state index < -0.39 is 17.8 Å². The minimum absolute atomic E-state index is 0.0101. The number of rotatable bonds is 4. The van der Waals surface area contributed by atoms with E-state index in [1.807, 2.05) is 6.92 Å². The quantitative estimate of drug-likeness (QED) is 0.741. The van der Waals surface area contributed by atoms with Gasteiger partial charge in [-0.15, -0.1) is 0 Å². The standard InChI is InChI=1S/C11H19NO4/c1-6(7(2)11(14)15)10(13)12-9-4-5-16-8(9)3/h6-9H,4-5H2,1-3H3,(H,12,13)(H,14,15). The van der Waals surface area contributed by atoms with Gasteiger partial charge >= 0.3 is 5.97 Å². The van der Waals surface area contributed by atoms with E-state index in [9.17, 15) is 9.59 Å². The highest BCUT2D eigenvalue weighted by Gasteiger charge is 2.30. The van der Waals surface area contributed by atoms with Crippen LogP contribution < -0.4 is 5.32 Å². The molecule has 5 nitrogen and oxygen atoms in total. The van der Waals surface area contributed by atoms with Gasteiger partial charge in [-0.3, -0.25) is 9.59 Å². The first-order chi connectivity index (χ1) is 7.43. The average Bonchev–Trinajstić information content (AvgIpc) is 2.62. The molecule has 1 amide bonds. The molecule has 1 saturated heterocycles. The fraction of sp³-hybridized carbons (Fsp3) is 0.818. The van der Waals surface area contributed by atoms with Crippen LogP contribution in [0.3, 0.4) is 0 Å². The maximum Gasteiger partial charge on any atom is 0.307 e. The summed E-state index contributed by atoms with van der Waals surface area (Å²) in [6.45, 7) is 5.73. The maximum atomic E-state index is 11.8. The van der Waals surface area contributed by atoms with Crippen LogP contribution in [0, 0.1) is 11.8 Å². The first-order valence-corrected chi connectivity index (χ1v) is 5.58. The summed E-state index contributed by atoms with van der Waals surface area (Å²) >= 11 is 0. The number of carbonyl (C=O) groups is 2. The summed E-state index contributed by atoms with van der Waals surface area (Å²) in [7, 11) is 0. The lowest BCUT2D eigenvalue weighted by molar-refractivity contribution is -0.146. The Morgan fingerprint density at radius 2 is 2.00 bits per heavy atom. The molecule has 16 heavy (non-hydrogen) atoms. The number of hydrogen-bond acceptors (Lipinski definition) is 3. The lowest BCUT2D eigenvalue weighted by Gasteiger charge is -2.21. The smallest absolute Gasteiger partial charge is 0.307 e. The third-order valence-electron chi connectivity index (χ3n) is 3.26. The topological polar surface area (TPSA) is 75.6 Å². The van der Waals surface area contributed by atoms with Gasteiger partial charge in [0.05, 0.1) is 18.1 Å². The van der Waals surface area contributed by atoms with Crippen LogP contribution in [-0.4, -0.2) is 35.7 Å². The van der Waals surface area contributed by atoms with Gasteiger partial charge in [-0.05, 0) is 13.3 Å². The second-order valence-corrected chi connectivity index (χ2v) is 4.40. The highest BCUT2D eigenvalue weighted by atomic mass is 16.5. The van der Waals surface area contributed by atoms with E-state index in [4.69, 9.17) is 9.84 Å². The maximum absolute atomic E-state index is 11.8. The molecule has 0 spiro atoms. The molecule has 0 aliphatic carbocycles. The summed E-state index contributed by atoms with van der Waals surface area (Å²) < 4.78 is 5.32. The lowest BCUT2D eigenvalue weighted by Crippen LogP contribution is -2.44. The van der Waals surface area contributed by atoms with Crippen molar-refractivity contribution >= 4 is 11.9 Å². The van der Waals surface area contributed by atoms with Crippen molar-refractivity contribution in [1.82, 2.24) is 5.32 Å². The predicted octanol–water partition coefficient (Wildman–Crippen LogP) is 0.637. The van der Waals surface area contributed by atoms with Gasteiger partial charge in [0.25, 0.3) is 0 Å². The van der Waals surface area contributed by atoms with E-state index in [0.717, 1.165) is 6.42 Å². The summed E-state index contributed by atoms with van der Waals surface area (Å²) in [4.78, 5) is 22.5. The van der Waals surface area contributed by atoms with Crippen molar-refractivity contribution in [1.29, 1.82) is 0 Å². The third kappa shape index (κ3) is 2.95. The van der Waals surface area contributed by atoms with E-state index in [1.54, 1.807) is 13.8 Å². The van der Waals surface area contributed by atoms with Gasteiger partial charge in [0.1, 0.15) is 0 Å². The van der Waals surface area contributed by atoms with E-state index in [2.05, 4.69) is 5.32 Å². The molecule has 5 heteroatoms. The van der Waals surface area contributed by atoms with Crippen LogP contribution in [0.15, 0.2) is 0 Å². The van der Waals surface area contributed by atoms with Crippen LogP contribution in [0.1, 0.15) is 27.2 Å². The van der Waals surface area contributed by atoms with Crippen LogP contribution in [0.5, 0.6) is 0 Å². The van der Waals surface area contributed by atoms with Gasteiger partial charge in [-0.25, -0.2) is 0 Å². The molecule has 0 aromatic carbocycles. The number of aliphatic carboxylic acids is 1. The van der Waals surface area contributed by atoms with E-state index in [-0.39, 0.29) is 18.1 Å². The highest BCUT2D eigenvalue weighted by Crippen LogP contribution is 2.16. The fourth-order valence-electron chi connectivity index (χ4n) is 1.68. The molecule has 1 rings (SSSR count). The number of hydrogen-bond donors (Lipinski definition) is 2. The van der Waals surface area contributed by atoms with E-state index in [0.29, 0.717) is 6.61 Å². The normalized spacial score (nSPS) is 28.4. The molecule has 1 aliphatic heterocycles. The van der Waals surface area contributed by atoms with Gasteiger partial charge < -0.3 is 15.2 Å². The Bertz CT molecular complexity index is 279. The summed E-state index contributed by atoms with van der Waals surface area (Å²) in [6, 6.07) is 0.0101.